The molecule has 2 N–H and O–H groups in total. The molecule has 0 aromatic carbocycles. The van der Waals surface area contributed by atoms with Crippen LogP contribution in [-0.2, 0) is 4.79 Å². The molecule has 4 aromatic heterocycles. The Kier molecular flexibility index (Phi) is 5.74. The number of carbonyl (C=O) groups is 2. The molecule has 1 saturated heterocycles. The largest absolute Gasteiger partial charge is 0.481 e. The first-order valence-corrected chi connectivity index (χ1v) is 13.5. The molecule has 3 atom stereocenters. The maximum Gasteiger partial charge on any atom is 0.272 e. The van der Waals surface area contributed by atoms with Crippen molar-refractivity contribution in [3.8, 4) is 23.2 Å². The van der Waals surface area contributed by atoms with Crippen LogP contribution < -0.4 is 10.1 Å². The lowest BCUT2D eigenvalue weighted by atomic mass is 9.88. The van der Waals surface area contributed by atoms with Gasteiger partial charge in [-0.1, -0.05) is 0 Å². The Balaban J connectivity index is 1.04. The number of aromatic amines is 1. The Bertz CT molecular complexity index is 1740. The van der Waals surface area contributed by atoms with Gasteiger partial charge < -0.3 is 15.0 Å². The van der Waals surface area contributed by atoms with Crippen molar-refractivity contribution < 1.29 is 18.7 Å². The fraction of sp³-hybridized carbons (Fsp3) is 0.393. The fourth-order valence-corrected chi connectivity index (χ4v) is 5.87. The zero-order valence-electron chi connectivity index (χ0n) is 22.2. The molecule has 208 valence electrons. The minimum atomic E-state index is -0.571. The highest BCUT2D eigenvalue weighted by atomic mass is 19.1. The van der Waals surface area contributed by atoms with E-state index >= 15 is 0 Å². The van der Waals surface area contributed by atoms with Crippen LogP contribution in [0.3, 0.4) is 0 Å². The molecule has 12 nitrogen and oxygen atoms in total. The van der Waals surface area contributed by atoms with Gasteiger partial charge in [-0.25, -0.2) is 18.9 Å². The summed E-state index contributed by atoms with van der Waals surface area (Å²) in [6, 6.07) is 7.11. The van der Waals surface area contributed by atoms with Crippen molar-refractivity contribution in [1.29, 1.82) is 5.26 Å². The summed E-state index contributed by atoms with van der Waals surface area (Å²) in [4.78, 5) is 37.2. The maximum absolute atomic E-state index is 14.4. The molecule has 13 heteroatoms. The average Bonchev–Trinajstić information content (AvgIpc) is 3.85. The molecule has 3 fully saturated rings. The molecule has 1 aliphatic heterocycles. The van der Waals surface area contributed by atoms with E-state index in [-0.39, 0.29) is 52.4 Å². The number of nitriles is 1. The summed E-state index contributed by atoms with van der Waals surface area (Å²) in [6.45, 7) is 0.414. The van der Waals surface area contributed by atoms with Gasteiger partial charge >= 0.3 is 0 Å². The van der Waals surface area contributed by atoms with Crippen LogP contribution in [0.2, 0.25) is 0 Å². The van der Waals surface area contributed by atoms with E-state index in [0.717, 1.165) is 31.2 Å². The number of carbonyl (C=O) groups excluding carboxylic acids is 2. The highest BCUT2D eigenvalue weighted by molar-refractivity contribution is 5.97. The van der Waals surface area contributed by atoms with Crippen molar-refractivity contribution >= 4 is 23.1 Å². The third-order valence-electron chi connectivity index (χ3n) is 8.45. The van der Waals surface area contributed by atoms with E-state index in [1.54, 1.807) is 16.9 Å². The van der Waals surface area contributed by atoms with E-state index in [4.69, 9.17) is 10.00 Å². The number of anilines is 1. The maximum atomic E-state index is 14.4. The van der Waals surface area contributed by atoms with E-state index in [0.29, 0.717) is 30.7 Å². The normalized spacial score (nSPS) is 22.4. The Morgan fingerprint density at radius 2 is 2.15 bits per heavy atom. The monoisotopic (exact) mass is 555 g/mol. The van der Waals surface area contributed by atoms with Crippen molar-refractivity contribution in [3.05, 3.63) is 54.0 Å². The van der Waals surface area contributed by atoms with Gasteiger partial charge in [-0.2, -0.15) is 15.5 Å². The van der Waals surface area contributed by atoms with Gasteiger partial charge in [-0.3, -0.25) is 14.7 Å². The fourth-order valence-electron chi connectivity index (χ4n) is 5.87. The minimum Gasteiger partial charge on any atom is -0.481 e. The number of pyridine rings is 1. The molecule has 7 rings (SSSR count). The molecular weight excluding hydrogens is 529 g/mol. The quantitative estimate of drug-likeness (QED) is 0.367. The Labute approximate surface area is 233 Å². The number of aromatic nitrogens is 6. The lowest BCUT2D eigenvalue weighted by Crippen LogP contribution is -2.50. The van der Waals surface area contributed by atoms with Crippen LogP contribution >= 0.6 is 0 Å². The third-order valence-corrected chi connectivity index (χ3v) is 8.45. The van der Waals surface area contributed by atoms with Gasteiger partial charge in [0.15, 0.2) is 11.5 Å². The number of rotatable bonds is 6. The first-order chi connectivity index (χ1) is 19.9. The number of methoxy groups -OCH3 is 1. The van der Waals surface area contributed by atoms with Crippen LogP contribution in [0.15, 0.2) is 36.8 Å². The number of nitrogens with zero attached hydrogens (tertiary/aromatic N) is 7. The molecule has 2 saturated carbocycles. The second-order valence-electron chi connectivity index (χ2n) is 11.0. The summed E-state index contributed by atoms with van der Waals surface area (Å²) in [6.07, 6.45) is 7.89. The summed E-state index contributed by atoms with van der Waals surface area (Å²) in [5, 5.41) is 23.4. The number of H-pyrrole nitrogens is 1. The van der Waals surface area contributed by atoms with Crippen molar-refractivity contribution in [3.63, 3.8) is 0 Å². The van der Waals surface area contributed by atoms with E-state index < -0.39 is 11.4 Å². The van der Waals surface area contributed by atoms with Crippen molar-refractivity contribution in [2.24, 2.45) is 11.8 Å². The molecule has 4 aromatic rings. The van der Waals surface area contributed by atoms with Gasteiger partial charge in [-0.15, -0.1) is 0 Å². The highest BCUT2D eigenvalue weighted by Gasteiger charge is 2.54. The minimum absolute atomic E-state index is 0.0118. The summed E-state index contributed by atoms with van der Waals surface area (Å²) >= 11 is 0. The summed E-state index contributed by atoms with van der Waals surface area (Å²) in [5.41, 5.74) is 2.23. The van der Waals surface area contributed by atoms with Crippen molar-refractivity contribution in [2.45, 2.75) is 43.6 Å². The molecule has 0 bridgehead atoms. The lowest BCUT2D eigenvalue weighted by molar-refractivity contribution is -0.122. The standard InChI is InChI=1S/C28H26FN9O3/c1-41-24-9-18(19(29)13-31-24)21-10-22(36-35-21)27(40)37-6-2-15(11-28(37)4-5-28)26(39)34-23-14-32-38-7-3-20(33-25(23)38)17-8-16(17)12-30/h3,7,9-10,13-17H,2,4-6,8,11H2,1H3,(H,34,39)(H,35,36)/t15?,16-,17+/m1/s1. The summed E-state index contributed by atoms with van der Waals surface area (Å²) < 4.78 is 21.1. The molecule has 2 aliphatic carbocycles. The Hall–Kier alpha value is -4.86. The van der Waals surface area contributed by atoms with Crippen molar-refractivity contribution in [1.82, 2.24) is 34.7 Å². The average molecular weight is 556 g/mol. The topological polar surface area (TPSA) is 154 Å². The number of hydrogen-bond acceptors (Lipinski definition) is 8. The number of ether oxygens (including phenoxy) is 1. The second kappa shape index (κ2) is 9.36. The molecule has 41 heavy (non-hydrogen) atoms. The van der Waals surface area contributed by atoms with Gasteiger partial charge in [-0.05, 0) is 44.2 Å². The van der Waals surface area contributed by atoms with Crippen molar-refractivity contribution in [2.75, 3.05) is 19.0 Å². The number of piperidine rings is 1. The number of halogens is 1. The van der Waals surface area contributed by atoms with Gasteiger partial charge in [0.1, 0.15) is 11.4 Å². The number of nitrogens with one attached hydrogen (secondary N) is 2. The highest BCUT2D eigenvalue weighted by Crippen LogP contribution is 2.51. The zero-order chi connectivity index (χ0) is 28.3. The first-order valence-electron chi connectivity index (χ1n) is 13.5. The van der Waals surface area contributed by atoms with Crippen LogP contribution in [0, 0.1) is 29.0 Å². The number of likely N-dealkylation sites (tertiary alicyclic amines) is 1. The first kappa shape index (κ1) is 25.1. The molecule has 2 amide bonds. The van der Waals surface area contributed by atoms with Gasteiger partial charge in [0, 0.05) is 47.4 Å². The predicted molar refractivity (Wildman–Crippen MR) is 142 cm³/mol. The SMILES string of the molecule is COc1cc(-c2cc(C(=O)N3CCC(C(=O)Nc4cnn5ccc([C@H]6C[C@@H]6C#N)nc45)CC34CC4)[nH]n2)c(F)cn1. The second-order valence-corrected chi connectivity index (χ2v) is 11.0. The Morgan fingerprint density at radius 1 is 1.29 bits per heavy atom. The van der Waals surface area contributed by atoms with Crippen LogP contribution in [-0.4, -0.2) is 65.7 Å². The van der Waals surface area contributed by atoms with Gasteiger partial charge in [0.25, 0.3) is 5.91 Å². The van der Waals surface area contributed by atoms with Gasteiger partial charge in [0.2, 0.25) is 11.8 Å². The smallest absolute Gasteiger partial charge is 0.272 e. The van der Waals surface area contributed by atoms with Crippen LogP contribution in [0.1, 0.15) is 54.2 Å². The van der Waals surface area contributed by atoms with E-state index in [1.807, 2.05) is 11.0 Å². The third kappa shape index (κ3) is 4.35. The number of fused-ring (bicyclic) bond motifs is 1. The summed E-state index contributed by atoms with van der Waals surface area (Å²) in [7, 11) is 1.44. The molecule has 3 aliphatic rings. The van der Waals surface area contributed by atoms with Crippen LogP contribution in [0.4, 0.5) is 10.1 Å². The molecule has 0 radical (unpaired) electrons. The number of hydrogen-bond donors (Lipinski definition) is 2. The molecule has 1 unspecified atom stereocenters. The van der Waals surface area contributed by atoms with Gasteiger partial charge in [0.05, 0.1) is 37.2 Å². The zero-order valence-corrected chi connectivity index (χ0v) is 22.2. The lowest BCUT2D eigenvalue weighted by Gasteiger charge is -2.39. The van der Waals surface area contributed by atoms with E-state index in [2.05, 4.69) is 36.7 Å². The predicted octanol–water partition coefficient (Wildman–Crippen LogP) is 3.31. The van der Waals surface area contributed by atoms with E-state index in [9.17, 15) is 14.0 Å². The molecular formula is C28H26FN9O3. The van der Waals surface area contributed by atoms with Crippen LogP contribution in [0.25, 0.3) is 16.9 Å². The summed E-state index contributed by atoms with van der Waals surface area (Å²) in [5.74, 6) is -0.848. The van der Waals surface area contributed by atoms with Crippen LogP contribution in [0.5, 0.6) is 5.88 Å². The molecule has 5 heterocycles. The molecule has 1 spiro atoms. The van der Waals surface area contributed by atoms with E-state index in [1.165, 1.54) is 19.2 Å². The number of amides is 2. The Morgan fingerprint density at radius 3 is 2.90 bits per heavy atom.